The molecule has 0 heterocycles. The Morgan fingerprint density at radius 2 is 1.81 bits per heavy atom. The number of alkyl halides is 1. The van der Waals surface area contributed by atoms with Crippen LogP contribution < -0.4 is 4.72 Å². The van der Waals surface area contributed by atoms with Crippen molar-refractivity contribution in [2.24, 2.45) is 0 Å². The summed E-state index contributed by atoms with van der Waals surface area (Å²) in [4.78, 5) is 0.188. The largest absolute Gasteiger partial charge is 0.508 e. The number of nitrogens with one attached hydrogen (secondary N) is 1. The lowest BCUT2D eigenvalue weighted by atomic mass is 10.2. The van der Waals surface area contributed by atoms with E-state index in [1.54, 1.807) is 31.2 Å². The normalized spacial score (nSPS) is 11.3. The van der Waals surface area contributed by atoms with Crippen LogP contribution in [0.5, 0.6) is 5.75 Å². The Labute approximate surface area is 129 Å². The fourth-order valence-corrected chi connectivity index (χ4v) is 3.26. The van der Waals surface area contributed by atoms with Gasteiger partial charge in [0, 0.05) is 5.88 Å². The van der Waals surface area contributed by atoms with Gasteiger partial charge < -0.3 is 5.11 Å². The molecule has 0 radical (unpaired) electrons. The number of phenols is 1. The molecule has 0 atom stereocenters. The van der Waals surface area contributed by atoms with Crippen molar-refractivity contribution < 1.29 is 13.5 Å². The van der Waals surface area contributed by atoms with Crippen LogP contribution in [-0.2, 0) is 16.4 Å². The average molecular weight is 326 g/mol. The Kier molecular flexibility index (Phi) is 4.75. The van der Waals surface area contributed by atoms with E-state index in [1.807, 2.05) is 0 Å². The van der Waals surface area contributed by atoms with Crippen LogP contribution in [-0.4, -0.2) is 19.4 Å². The van der Waals surface area contributed by atoms with Crippen molar-refractivity contribution in [3.8, 4) is 5.75 Å². The van der Waals surface area contributed by atoms with Crippen LogP contribution >= 0.6 is 11.6 Å². The van der Waals surface area contributed by atoms with Crippen LogP contribution in [0.1, 0.15) is 11.1 Å². The van der Waals surface area contributed by atoms with Crippen LogP contribution in [0.2, 0.25) is 0 Å². The highest BCUT2D eigenvalue weighted by atomic mass is 35.5. The first-order valence-electron chi connectivity index (χ1n) is 6.40. The maximum atomic E-state index is 12.3. The van der Waals surface area contributed by atoms with Crippen LogP contribution in [0.3, 0.4) is 0 Å². The maximum absolute atomic E-state index is 12.3. The smallest absolute Gasteiger partial charge is 0.261 e. The molecule has 2 aromatic rings. The third-order valence-electron chi connectivity index (χ3n) is 3.07. The summed E-state index contributed by atoms with van der Waals surface area (Å²) < 4.78 is 27.1. The lowest BCUT2D eigenvalue weighted by molar-refractivity contribution is 0.475. The molecule has 0 bridgehead atoms. The van der Waals surface area contributed by atoms with Gasteiger partial charge in [-0.1, -0.05) is 12.1 Å². The highest BCUT2D eigenvalue weighted by molar-refractivity contribution is 7.92. The molecule has 0 aliphatic rings. The Balaban J connectivity index is 2.25. The molecule has 4 nitrogen and oxygen atoms in total. The highest BCUT2D eigenvalue weighted by Gasteiger charge is 2.15. The second-order valence-corrected chi connectivity index (χ2v) is 6.75. The summed E-state index contributed by atoms with van der Waals surface area (Å²) in [6.45, 7) is 1.72. The number of halogens is 1. The quantitative estimate of drug-likeness (QED) is 0.655. The van der Waals surface area contributed by atoms with Gasteiger partial charge in [0.1, 0.15) is 5.75 Å². The Morgan fingerprint density at radius 1 is 1.14 bits per heavy atom. The molecule has 0 aliphatic heterocycles. The maximum Gasteiger partial charge on any atom is 0.261 e. The number of anilines is 1. The summed E-state index contributed by atoms with van der Waals surface area (Å²) in [5, 5.41) is 9.35. The van der Waals surface area contributed by atoms with Gasteiger partial charge in [-0.2, -0.15) is 0 Å². The molecule has 0 saturated heterocycles. The van der Waals surface area contributed by atoms with Crippen LogP contribution in [0.15, 0.2) is 47.4 Å². The molecule has 0 amide bonds. The molecule has 0 fully saturated rings. The van der Waals surface area contributed by atoms with E-state index in [-0.39, 0.29) is 10.6 Å². The topological polar surface area (TPSA) is 66.4 Å². The van der Waals surface area contributed by atoms with Crippen molar-refractivity contribution >= 4 is 27.3 Å². The zero-order valence-corrected chi connectivity index (χ0v) is 13.1. The highest BCUT2D eigenvalue weighted by Crippen LogP contribution is 2.23. The number of aromatic hydroxyl groups is 1. The monoisotopic (exact) mass is 325 g/mol. The van der Waals surface area contributed by atoms with Gasteiger partial charge in [0.05, 0.1) is 10.6 Å². The number of hydrogen-bond acceptors (Lipinski definition) is 3. The summed E-state index contributed by atoms with van der Waals surface area (Å²) in [5.74, 6) is 0.595. The van der Waals surface area contributed by atoms with Crippen molar-refractivity contribution in [2.75, 3.05) is 10.6 Å². The standard InChI is InChI=1S/C15H16ClNO3S/c1-11-10-13(18)4-7-15(11)17-21(19,20)14-5-2-12(3-6-14)8-9-16/h2-7,10,17-18H,8-9H2,1H3. The van der Waals surface area contributed by atoms with E-state index in [0.29, 0.717) is 23.6 Å². The van der Waals surface area contributed by atoms with E-state index in [0.717, 1.165) is 5.56 Å². The molecule has 0 aliphatic carbocycles. The third-order valence-corrected chi connectivity index (χ3v) is 4.64. The van der Waals surface area contributed by atoms with E-state index in [2.05, 4.69) is 4.72 Å². The summed E-state index contributed by atoms with van der Waals surface area (Å²) in [7, 11) is -3.65. The number of rotatable bonds is 5. The second kappa shape index (κ2) is 6.37. The number of benzene rings is 2. The van der Waals surface area contributed by atoms with Gasteiger partial charge in [-0.25, -0.2) is 8.42 Å². The Morgan fingerprint density at radius 3 is 2.38 bits per heavy atom. The minimum absolute atomic E-state index is 0.0980. The fourth-order valence-electron chi connectivity index (χ4n) is 1.91. The van der Waals surface area contributed by atoms with Crippen molar-refractivity contribution in [1.29, 1.82) is 0 Å². The summed E-state index contributed by atoms with van der Waals surface area (Å²) in [6, 6.07) is 11.1. The molecule has 6 heteroatoms. The minimum atomic E-state index is -3.65. The first-order valence-corrected chi connectivity index (χ1v) is 8.41. The summed E-state index contributed by atoms with van der Waals surface area (Å²) in [6.07, 6.45) is 0.701. The first-order chi connectivity index (χ1) is 9.92. The zero-order valence-electron chi connectivity index (χ0n) is 11.5. The van der Waals surface area contributed by atoms with Crippen molar-refractivity contribution in [3.05, 3.63) is 53.6 Å². The molecule has 0 aromatic heterocycles. The Bertz CT molecular complexity index is 727. The van der Waals surface area contributed by atoms with E-state index < -0.39 is 10.0 Å². The molecule has 2 rings (SSSR count). The lowest BCUT2D eigenvalue weighted by Crippen LogP contribution is -2.13. The van der Waals surface area contributed by atoms with Crippen molar-refractivity contribution in [1.82, 2.24) is 0 Å². The molecule has 0 spiro atoms. The van der Waals surface area contributed by atoms with Crippen LogP contribution in [0, 0.1) is 6.92 Å². The molecular weight excluding hydrogens is 310 g/mol. The molecule has 0 unspecified atom stereocenters. The van der Waals surface area contributed by atoms with Gasteiger partial charge in [-0.05, 0) is 54.8 Å². The van der Waals surface area contributed by atoms with Crippen molar-refractivity contribution in [3.63, 3.8) is 0 Å². The van der Waals surface area contributed by atoms with Crippen LogP contribution in [0.4, 0.5) is 5.69 Å². The molecule has 2 N–H and O–H groups in total. The average Bonchev–Trinajstić information content (AvgIpc) is 2.43. The number of hydrogen-bond donors (Lipinski definition) is 2. The fraction of sp³-hybridized carbons (Fsp3) is 0.200. The molecule has 2 aromatic carbocycles. The van der Waals surface area contributed by atoms with Gasteiger partial charge in [0.25, 0.3) is 10.0 Å². The summed E-state index contributed by atoms with van der Waals surface area (Å²) in [5.41, 5.74) is 2.08. The van der Waals surface area contributed by atoms with Gasteiger partial charge in [0.15, 0.2) is 0 Å². The molecule has 21 heavy (non-hydrogen) atoms. The third kappa shape index (κ3) is 3.89. The van der Waals surface area contributed by atoms with Gasteiger partial charge in [-0.3, -0.25) is 4.72 Å². The van der Waals surface area contributed by atoms with E-state index in [4.69, 9.17) is 11.6 Å². The van der Waals surface area contributed by atoms with E-state index >= 15 is 0 Å². The summed E-state index contributed by atoms with van der Waals surface area (Å²) >= 11 is 5.65. The number of phenolic OH excluding ortho intramolecular Hbond substituents is 1. The SMILES string of the molecule is Cc1cc(O)ccc1NS(=O)(=O)c1ccc(CCCl)cc1. The van der Waals surface area contributed by atoms with E-state index in [9.17, 15) is 13.5 Å². The molecule has 0 saturated carbocycles. The Hall–Kier alpha value is -1.72. The molecule has 112 valence electrons. The zero-order chi connectivity index (χ0) is 15.5. The van der Waals surface area contributed by atoms with Gasteiger partial charge >= 0.3 is 0 Å². The van der Waals surface area contributed by atoms with Gasteiger partial charge in [0.2, 0.25) is 0 Å². The minimum Gasteiger partial charge on any atom is -0.508 e. The van der Waals surface area contributed by atoms with Gasteiger partial charge in [-0.15, -0.1) is 11.6 Å². The predicted octanol–water partition coefficient (Wildman–Crippen LogP) is 3.28. The number of sulfonamides is 1. The predicted molar refractivity (Wildman–Crippen MR) is 84.5 cm³/mol. The second-order valence-electron chi connectivity index (χ2n) is 4.69. The number of aryl methyl sites for hydroxylation is 2. The first kappa shape index (κ1) is 15.7. The van der Waals surface area contributed by atoms with E-state index in [1.165, 1.54) is 18.2 Å². The molecular formula is C15H16ClNO3S. The lowest BCUT2D eigenvalue weighted by Gasteiger charge is -2.11. The van der Waals surface area contributed by atoms with Crippen molar-refractivity contribution in [2.45, 2.75) is 18.2 Å². The van der Waals surface area contributed by atoms with Crippen LogP contribution in [0.25, 0.3) is 0 Å².